The Morgan fingerprint density at radius 3 is 2.23 bits per heavy atom. The van der Waals surface area contributed by atoms with Gasteiger partial charge in [0.15, 0.2) is 0 Å². The fraction of sp³-hybridized carbons (Fsp3) is 0.395. The number of likely N-dealkylation sites (N-methyl/N-ethyl adjacent to an activating group) is 1. The Morgan fingerprint density at radius 1 is 1.00 bits per heavy atom. The number of halogens is 1. The maximum absolute atomic E-state index is 15.0. The van der Waals surface area contributed by atoms with Crippen molar-refractivity contribution < 1.29 is 14.0 Å². The lowest BCUT2D eigenvalue weighted by atomic mass is 9.94. The highest BCUT2D eigenvalue weighted by Gasteiger charge is 2.35. The first-order valence-electron chi connectivity index (χ1n) is 16.6. The molecule has 1 saturated carbocycles. The minimum atomic E-state index is -0.552. The molecule has 2 fully saturated rings. The monoisotopic (exact) mass is 674 g/mol. The number of amides is 2. The van der Waals surface area contributed by atoms with Crippen LogP contribution in [0.1, 0.15) is 53.7 Å². The van der Waals surface area contributed by atoms with Crippen molar-refractivity contribution in [3.63, 3.8) is 0 Å². The van der Waals surface area contributed by atoms with Crippen molar-refractivity contribution in [2.24, 2.45) is 11.0 Å². The quantitative estimate of drug-likeness (QED) is 0.171. The predicted molar refractivity (Wildman–Crippen MR) is 199 cm³/mol. The molecule has 0 atom stereocenters. The van der Waals surface area contributed by atoms with Gasteiger partial charge in [-0.15, -0.1) is 13.2 Å². The molecule has 0 bridgehead atoms. The molecule has 2 aliphatic heterocycles. The molecule has 5 rings (SSSR count). The molecule has 48 heavy (non-hydrogen) atoms. The zero-order valence-electron chi connectivity index (χ0n) is 29.0. The van der Waals surface area contributed by atoms with E-state index in [-0.39, 0.29) is 23.3 Å². The summed E-state index contributed by atoms with van der Waals surface area (Å²) in [6.07, 6.45) is 4.16. The van der Waals surface area contributed by atoms with Gasteiger partial charge in [0.2, 0.25) is 5.91 Å². The van der Waals surface area contributed by atoms with Crippen LogP contribution in [-0.2, 0) is 11.2 Å². The van der Waals surface area contributed by atoms with Gasteiger partial charge in [-0.05, 0) is 56.1 Å². The SMILES string of the molecule is C=C.C=C(/C=C\S)N(CCN(C)C)CN1N=C(Cc2ccc(F)c(C(=O)N3CCN(C(=O)C4CC4)CC3)c2)c2ccccc2C1=C.CC. The number of hydrazone groups is 1. The summed E-state index contributed by atoms with van der Waals surface area (Å²) in [6.45, 7) is 22.3. The van der Waals surface area contributed by atoms with Crippen LogP contribution in [0.25, 0.3) is 5.70 Å². The van der Waals surface area contributed by atoms with Crippen molar-refractivity contribution in [1.29, 1.82) is 0 Å². The van der Waals surface area contributed by atoms with E-state index in [0.29, 0.717) is 39.3 Å². The Balaban J connectivity index is 0.00000151. The summed E-state index contributed by atoms with van der Waals surface area (Å²) in [5, 5.41) is 8.57. The summed E-state index contributed by atoms with van der Waals surface area (Å²) in [5.41, 5.74) is 5.13. The number of fused-ring (bicyclic) bond motifs is 1. The molecular weight excluding hydrogens is 624 g/mol. The second-order valence-electron chi connectivity index (χ2n) is 11.8. The van der Waals surface area contributed by atoms with Crippen LogP contribution >= 0.6 is 12.6 Å². The van der Waals surface area contributed by atoms with Crippen LogP contribution in [0, 0.1) is 11.7 Å². The molecule has 0 radical (unpaired) electrons. The van der Waals surface area contributed by atoms with Crippen molar-refractivity contribution in [3.8, 4) is 0 Å². The first-order chi connectivity index (χ1) is 23.2. The van der Waals surface area contributed by atoms with Gasteiger partial charge in [0.05, 0.1) is 17.0 Å². The van der Waals surface area contributed by atoms with E-state index in [1.54, 1.807) is 22.4 Å². The Labute approximate surface area is 292 Å². The third-order valence-corrected chi connectivity index (χ3v) is 8.48. The fourth-order valence-corrected chi connectivity index (χ4v) is 5.71. The van der Waals surface area contributed by atoms with Gasteiger partial charge in [0.1, 0.15) is 12.5 Å². The van der Waals surface area contributed by atoms with Gasteiger partial charge in [-0.3, -0.25) is 9.59 Å². The molecule has 1 aliphatic carbocycles. The molecule has 2 amide bonds. The van der Waals surface area contributed by atoms with Crippen LogP contribution in [0.4, 0.5) is 4.39 Å². The van der Waals surface area contributed by atoms with Crippen LogP contribution in [0.2, 0.25) is 0 Å². The standard InChI is InChI=1S/C34H41FN6O2S.C2H6.C2H4/c1-24(13-20-44)40(15-14-37(3)4)23-41-25(2)28-7-5-6-8-29(28)32(36-41)22-26-9-12-31(35)30(21-26)34(43)39-18-16-38(17-19-39)33(42)27-10-11-27;2*1-2/h5-9,12-13,20-21,27,44H,1-2,10-11,14-19,22-23H2,3-4H3;1-2H3;1-2H2/b20-13-;;. The minimum absolute atomic E-state index is 0.0418. The topological polar surface area (TPSA) is 62.7 Å². The van der Waals surface area contributed by atoms with Gasteiger partial charge in [-0.25, -0.2) is 9.40 Å². The maximum Gasteiger partial charge on any atom is 0.256 e. The molecule has 0 unspecified atom stereocenters. The molecule has 258 valence electrons. The number of hydrogen-bond donors (Lipinski definition) is 1. The van der Waals surface area contributed by atoms with Gasteiger partial charge >= 0.3 is 0 Å². The lowest BCUT2D eigenvalue weighted by Gasteiger charge is -2.35. The molecule has 8 nitrogen and oxygen atoms in total. The fourth-order valence-electron chi connectivity index (χ4n) is 5.54. The molecule has 3 aliphatic rings. The number of carbonyl (C=O) groups excluding carboxylic acids is 2. The van der Waals surface area contributed by atoms with E-state index >= 15 is 4.39 Å². The number of rotatable bonds is 11. The molecule has 0 N–H and O–H groups in total. The summed E-state index contributed by atoms with van der Waals surface area (Å²) in [6, 6.07) is 12.7. The molecule has 2 aromatic carbocycles. The van der Waals surface area contributed by atoms with E-state index in [1.165, 1.54) is 6.07 Å². The van der Waals surface area contributed by atoms with Crippen LogP contribution in [-0.4, -0.2) is 102 Å². The van der Waals surface area contributed by atoms with Crippen LogP contribution in [0.5, 0.6) is 0 Å². The van der Waals surface area contributed by atoms with E-state index < -0.39 is 5.82 Å². The number of hydrogen-bond acceptors (Lipinski definition) is 7. The normalized spacial score (nSPS) is 15.6. The zero-order valence-corrected chi connectivity index (χ0v) is 29.9. The van der Waals surface area contributed by atoms with E-state index in [2.05, 4.69) is 48.7 Å². The number of thiol groups is 1. The zero-order chi connectivity index (χ0) is 35.4. The Bertz CT molecular complexity index is 1510. The van der Waals surface area contributed by atoms with Gasteiger partial charge in [0.25, 0.3) is 5.91 Å². The van der Waals surface area contributed by atoms with E-state index in [1.807, 2.05) is 68.2 Å². The van der Waals surface area contributed by atoms with Gasteiger partial charge in [-0.1, -0.05) is 57.3 Å². The maximum atomic E-state index is 15.0. The van der Waals surface area contributed by atoms with Crippen LogP contribution in [0.3, 0.4) is 0 Å². The van der Waals surface area contributed by atoms with E-state index in [0.717, 1.165) is 59.7 Å². The molecule has 0 spiro atoms. The summed E-state index contributed by atoms with van der Waals surface area (Å²) < 4.78 is 15.0. The second kappa shape index (κ2) is 18.4. The minimum Gasteiger partial charge on any atom is -0.351 e. The Hall–Kier alpha value is -4.15. The van der Waals surface area contributed by atoms with Crippen molar-refractivity contribution in [2.75, 3.05) is 60.0 Å². The third kappa shape index (κ3) is 9.70. The summed E-state index contributed by atoms with van der Waals surface area (Å²) in [4.78, 5) is 33.6. The van der Waals surface area contributed by atoms with Gasteiger partial charge in [-0.2, -0.15) is 17.7 Å². The number of allylic oxidation sites excluding steroid dienone is 1. The first kappa shape index (κ1) is 38.3. The third-order valence-electron chi connectivity index (χ3n) is 8.33. The van der Waals surface area contributed by atoms with Crippen molar-refractivity contribution in [3.05, 3.63) is 114 Å². The summed E-state index contributed by atoms with van der Waals surface area (Å²) in [7, 11) is 4.05. The predicted octanol–water partition coefficient (Wildman–Crippen LogP) is 6.36. The summed E-state index contributed by atoms with van der Waals surface area (Å²) >= 11 is 4.23. The molecule has 10 heteroatoms. The van der Waals surface area contributed by atoms with Crippen molar-refractivity contribution >= 4 is 35.9 Å². The highest BCUT2D eigenvalue weighted by molar-refractivity contribution is 7.83. The molecule has 2 aromatic rings. The number of piperazine rings is 1. The lowest BCUT2D eigenvalue weighted by molar-refractivity contribution is -0.134. The van der Waals surface area contributed by atoms with E-state index in [9.17, 15) is 9.59 Å². The number of carbonyl (C=O) groups is 2. The van der Waals surface area contributed by atoms with Crippen LogP contribution < -0.4 is 0 Å². The van der Waals surface area contributed by atoms with Gasteiger partial charge in [0, 0.05) is 68.4 Å². The van der Waals surface area contributed by atoms with Crippen molar-refractivity contribution in [1.82, 2.24) is 24.6 Å². The summed E-state index contributed by atoms with van der Waals surface area (Å²) in [5.74, 6) is -0.573. The van der Waals surface area contributed by atoms with Gasteiger partial charge < -0.3 is 19.6 Å². The highest BCUT2D eigenvalue weighted by Crippen LogP contribution is 2.32. The Kier molecular flexibility index (Phi) is 14.7. The molecule has 0 aromatic heterocycles. The lowest BCUT2D eigenvalue weighted by Crippen LogP contribution is -2.51. The van der Waals surface area contributed by atoms with Crippen LogP contribution in [0.15, 0.2) is 91.1 Å². The van der Waals surface area contributed by atoms with E-state index in [4.69, 9.17) is 5.10 Å². The Morgan fingerprint density at radius 2 is 1.62 bits per heavy atom. The average Bonchev–Trinajstić information content (AvgIpc) is 3.96. The smallest absolute Gasteiger partial charge is 0.256 e. The number of benzene rings is 2. The molecular formula is C38H51FN6O2S. The van der Waals surface area contributed by atoms with Crippen molar-refractivity contribution in [2.45, 2.75) is 33.1 Å². The molecule has 2 heterocycles. The average molecular weight is 675 g/mol. The number of nitrogens with zero attached hydrogens (tertiary/aromatic N) is 6. The highest BCUT2D eigenvalue weighted by atomic mass is 32.1. The largest absolute Gasteiger partial charge is 0.351 e. The first-order valence-corrected chi connectivity index (χ1v) is 17.1. The molecule has 1 saturated heterocycles. The second-order valence-corrected chi connectivity index (χ2v) is 12.1.